The smallest absolute Gasteiger partial charge is 0.0641 e. The van der Waals surface area contributed by atoms with Crippen LogP contribution in [-0.4, -0.2) is 4.57 Å². The molecule has 0 saturated heterocycles. The fraction of sp³-hybridized carbons (Fsp3) is 0. The van der Waals surface area contributed by atoms with Crippen molar-refractivity contribution in [3.05, 3.63) is 206 Å². The quantitative estimate of drug-likeness (QED) is 0.178. The minimum atomic E-state index is 1.12. The Hall–Kier alpha value is -6.90. The fourth-order valence-corrected chi connectivity index (χ4v) is 7.96. The maximum atomic E-state index is 2.50. The van der Waals surface area contributed by atoms with Crippen LogP contribution in [0.3, 0.4) is 0 Å². The second kappa shape index (κ2) is 12.5. The largest absolute Gasteiger partial charge is 0.309 e. The Balaban J connectivity index is 1.26. The molecule has 0 radical (unpaired) electrons. The van der Waals surface area contributed by atoms with Gasteiger partial charge in [0.15, 0.2) is 0 Å². The second-order valence-electron chi connectivity index (χ2n) is 13.4. The standard InChI is InChI=1S/C50H34N2/c1-4-16-35(17-5-1)38-28-30-41(31-29-38)51-46-25-13-10-22-43(46)49-44-23-11-14-26-47(44)52(50(49)45-24-12-15-27-48(45)51)42-33-39(36-18-6-2-7-19-36)32-40(34-42)37-20-8-3-9-21-37/h1-34H. The van der Waals surface area contributed by atoms with Crippen molar-refractivity contribution in [2.24, 2.45) is 0 Å². The lowest BCUT2D eigenvalue weighted by Crippen LogP contribution is -2.11. The molecule has 9 aromatic rings. The third-order valence-electron chi connectivity index (χ3n) is 10.3. The Morgan fingerprint density at radius 2 is 0.769 bits per heavy atom. The van der Waals surface area contributed by atoms with Gasteiger partial charge in [-0.3, -0.25) is 0 Å². The summed E-state index contributed by atoms with van der Waals surface area (Å²) < 4.78 is 2.50. The third kappa shape index (κ3) is 4.96. The summed E-state index contributed by atoms with van der Waals surface area (Å²) in [4.78, 5) is 2.44. The summed E-state index contributed by atoms with van der Waals surface area (Å²) in [6, 6.07) is 74.8. The number of benzene rings is 8. The van der Waals surface area contributed by atoms with Crippen LogP contribution in [0, 0.1) is 0 Å². The number of fused-ring (bicyclic) bond motifs is 7. The van der Waals surface area contributed by atoms with Crippen LogP contribution >= 0.6 is 0 Å². The van der Waals surface area contributed by atoms with Gasteiger partial charge < -0.3 is 9.47 Å². The van der Waals surface area contributed by atoms with E-state index in [2.05, 4.69) is 216 Å². The Labute approximate surface area is 304 Å². The van der Waals surface area contributed by atoms with Gasteiger partial charge in [-0.25, -0.2) is 0 Å². The van der Waals surface area contributed by atoms with Gasteiger partial charge in [-0.1, -0.05) is 158 Å². The van der Waals surface area contributed by atoms with Crippen molar-refractivity contribution < 1.29 is 0 Å². The summed E-state index contributed by atoms with van der Waals surface area (Å²) in [6.07, 6.45) is 0. The van der Waals surface area contributed by atoms with Crippen LogP contribution in [0.25, 0.3) is 72.4 Å². The number of hydrogen-bond donors (Lipinski definition) is 0. The molecule has 0 spiro atoms. The van der Waals surface area contributed by atoms with Crippen molar-refractivity contribution >= 4 is 28.0 Å². The maximum absolute atomic E-state index is 2.50. The summed E-state index contributed by atoms with van der Waals surface area (Å²) in [6.45, 7) is 0. The molecule has 10 rings (SSSR count). The second-order valence-corrected chi connectivity index (χ2v) is 13.4. The van der Waals surface area contributed by atoms with E-state index in [0.717, 1.165) is 22.7 Å². The number of rotatable bonds is 5. The number of nitrogens with zero attached hydrogens (tertiary/aromatic N) is 2. The SMILES string of the molecule is c1ccc(-c2ccc(N3c4ccccc4-c4c(n(-c5cc(-c6ccccc6)cc(-c6ccccc6)c5)c5ccccc45)-c4ccccc43)cc2)cc1. The average molecular weight is 663 g/mol. The van der Waals surface area contributed by atoms with E-state index in [1.165, 1.54) is 66.7 Å². The number of para-hydroxylation sites is 3. The van der Waals surface area contributed by atoms with E-state index in [1.807, 2.05) is 0 Å². The summed E-state index contributed by atoms with van der Waals surface area (Å²) >= 11 is 0. The molecule has 2 heterocycles. The van der Waals surface area contributed by atoms with E-state index in [1.54, 1.807) is 0 Å². The molecule has 0 N–H and O–H groups in total. The molecular formula is C50H34N2. The number of hydrogen-bond acceptors (Lipinski definition) is 1. The molecule has 0 bridgehead atoms. The minimum absolute atomic E-state index is 1.12. The molecule has 0 fully saturated rings. The summed E-state index contributed by atoms with van der Waals surface area (Å²) in [5, 5.41) is 1.23. The zero-order valence-corrected chi connectivity index (χ0v) is 28.5. The fourth-order valence-electron chi connectivity index (χ4n) is 7.96. The predicted octanol–water partition coefficient (Wildman–Crippen LogP) is 13.7. The van der Waals surface area contributed by atoms with Crippen molar-refractivity contribution in [1.29, 1.82) is 0 Å². The highest BCUT2D eigenvalue weighted by Gasteiger charge is 2.31. The molecule has 0 atom stereocenters. The van der Waals surface area contributed by atoms with Crippen molar-refractivity contribution in [3.8, 4) is 61.5 Å². The van der Waals surface area contributed by atoms with Gasteiger partial charge in [0.25, 0.3) is 0 Å². The van der Waals surface area contributed by atoms with Crippen LogP contribution in [0.1, 0.15) is 0 Å². The number of anilines is 3. The lowest BCUT2D eigenvalue weighted by atomic mass is 9.97. The first kappa shape index (κ1) is 30.0. The Kier molecular flexibility index (Phi) is 7.18. The van der Waals surface area contributed by atoms with Crippen molar-refractivity contribution in [3.63, 3.8) is 0 Å². The first-order chi connectivity index (χ1) is 25.8. The predicted molar refractivity (Wildman–Crippen MR) is 219 cm³/mol. The van der Waals surface area contributed by atoms with Crippen LogP contribution in [0.15, 0.2) is 206 Å². The molecule has 0 unspecified atom stereocenters. The van der Waals surface area contributed by atoms with Gasteiger partial charge in [0, 0.05) is 33.5 Å². The van der Waals surface area contributed by atoms with Crippen LogP contribution in [0.5, 0.6) is 0 Å². The molecule has 0 aliphatic carbocycles. The molecular weight excluding hydrogens is 629 g/mol. The Morgan fingerprint density at radius 3 is 1.38 bits per heavy atom. The van der Waals surface area contributed by atoms with E-state index >= 15 is 0 Å². The van der Waals surface area contributed by atoms with Gasteiger partial charge in [0.05, 0.1) is 22.6 Å². The zero-order valence-electron chi connectivity index (χ0n) is 28.5. The van der Waals surface area contributed by atoms with Crippen molar-refractivity contribution in [1.82, 2.24) is 4.57 Å². The number of aromatic nitrogens is 1. The van der Waals surface area contributed by atoms with Crippen LogP contribution in [0.4, 0.5) is 17.1 Å². The van der Waals surface area contributed by atoms with Crippen LogP contribution in [-0.2, 0) is 0 Å². The molecule has 0 saturated carbocycles. The van der Waals surface area contributed by atoms with E-state index in [9.17, 15) is 0 Å². The molecule has 8 aromatic carbocycles. The molecule has 1 aliphatic rings. The van der Waals surface area contributed by atoms with Gasteiger partial charge in [0.2, 0.25) is 0 Å². The molecule has 0 amide bonds. The topological polar surface area (TPSA) is 8.17 Å². The molecule has 52 heavy (non-hydrogen) atoms. The highest BCUT2D eigenvalue weighted by molar-refractivity contribution is 6.13. The van der Waals surface area contributed by atoms with E-state index in [4.69, 9.17) is 0 Å². The summed E-state index contributed by atoms with van der Waals surface area (Å²) in [5.74, 6) is 0. The zero-order chi connectivity index (χ0) is 34.4. The van der Waals surface area contributed by atoms with Crippen molar-refractivity contribution in [2.45, 2.75) is 0 Å². The molecule has 1 aliphatic heterocycles. The molecule has 2 nitrogen and oxygen atoms in total. The lowest BCUT2D eigenvalue weighted by molar-refractivity contribution is 1.14. The lowest BCUT2D eigenvalue weighted by Gasteiger charge is -2.27. The molecule has 2 heteroatoms. The Morgan fingerprint density at radius 1 is 0.308 bits per heavy atom. The van der Waals surface area contributed by atoms with Gasteiger partial charge in [-0.15, -0.1) is 0 Å². The highest BCUT2D eigenvalue weighted by atomic mass is 15.2. The third-order valence-corrected chi connectivity index (χ3v) is 10.3. The van der Waals surface area contributed by atoms with Crippen LogP contribution in [0.2, 0.25) is 0 Å². The summed E-state index contributed by atoms with van der Waals surface area (Å²) in [5.41, 5.74) is 17.7. The Bertz CT molecular complexity index is 2650. The van der Waals surface area contributed by atoms with Gasteiger partial charge in [-0.05, 0) is 81.9 Å². The van der Waals surface area contributed by atoms with E-state index in [-0.39, 0.29) is 0 Å². The first-order valence-electron chi connectivity index (χ1n) is 17.9. The maximum Gasteiger partial charge on any atom is 0.0641 e. The monoisotopic (exact) mass is 662 g/mol. The molecule has 244 valence electrons. The first-order valence-corrected chi connectivity index (χ1v) is 17.9. The minimum Gasteiger partial charge on any atom is -0.309 e. The average Bonchev–Trinajstić information content (AvgIpc) is 3.51. The highest BCUT2D eigenvalue weighted by Crippen LogP contribution is 2.54. The van der Waals surface area contributed by atoms with E-state index < -0.39 is 0 Å². The summed E-state index contributed by atoms with van der Waals surface area (Å²) in [7, 11) is 0. The molecule has 1 aromatic heterocycles. The van der Waals surface area contributed by atoms with Crippen LogP contribution < -0.4 is 4.90 Å². The van der Waals surface area contributed by atoms with Gasteiger partial charge >= 0.3 is 0 Å². The van der Waals surface area contributed by atoms with E-state index in [0.29, 0.717) is 0 Å². The normalized spacial score (nSPS) is 11.8. The van der Waals surface area contributed by atoms with Gasteiger partial charge in [0.1, 0.15) is 0 Å². The van der Waals surface area contributed by atoms with Crippen molar-refractivity contribution in [2.75, 3.05) is 4.90 Å². The van der Waals surface area contributed by atoms with Gasteiger partial charge in [-0.2, -0.15) is 0 Å².